The van der Waals surface area contributed by atoms with Gasteiger partial charge in [-0.1, -0.05) is 10.5 Å². The molecule has 8 heavy (non-hydrogen) atoms. The molecule has 0 heterocycles. The van der Waals surface area contributed by atoms with Crippen LogP contribution in [-0.2, 0) is 12.6 Å². The second-order valence-electron chi connectivity index (χ2n) is 1.10. The third-order valence-electron chi connectivity index (χ3n) is 0.424. The van der Waals surface area contributed by atoms with Gasteiger partial charge in [0, 0.05) is 0 Å². The Morgan fingerprint density at radius 3 is 2.38 bits per heavy atom. The molecule has 0 N–H and O–H groups in total. The van der Waals surface area contributed by atoms with E-state index >= 15 is 0 Å². The minimum absolute atomic E-state index is 0. The first kappa shape index (κ1) is 12.3. The first-order valence-corrected chi connectivity index (χ1v) is 3.91. The van der Waals surface area contributed by atoms with Crippen LogP contribution in [-0.4, -0.2) is 9.28 Å². The maximum Gasteiger partial charge on any atom is 1.00 e. The van der Waals surface area contributed by atoms with Crippen LogP contribution in [0.25, 0.3) is 0 Å². The number of hydrogen-bond acceptors (Lipinski definition) is 3. The first-order chi connectivity index (χ1) is 3.27. The van der Waals surface area contributed by atoms with E-state index in [4.69, 9.17) is 0 Å². The van der Waals surface area contributed by atoms with Gasteiger partial charge in [0.15, 0.2) is 0 Å². The summed E-state index contributed by atoms with van der Waals surface area (Å²) < 4.78 is 0.641. The third-order valence-corrected chi connectivity index (χ3v) is 1.98. The van der Waals surface area contributed by atoms with Gasteiger partial charge in [-0.05, 0) is 12.2 Å². The molecule has 0 aromatic carbocycles. The van der Waals surface area contributed by atoms with Crippen molar-refractivity contribution in [1.82, 2.24) is 0 Å². The molecule has 0 saturated carbocycles. The average molecular weight is 174 g/mol. The van der Waals surface area contributed by atoms with Crippen molar-refractivity contribution >= 4 is 40.1 Å². The number of thioether (sulfide) groups is 1. The molecule has 0 unspecified atom stereocenters. The standard InChI is InChI=1S/C4H8S3.Na/c1-2-3-7-4(5)6;/h2-3H2,1H3,(H,5,6);/q;+1/p-1. The van der Waals surface area contributed by atoms with Crippen molar-refractivity contribution in [3.63, 3.8) is 0 Å². The molecule has 0 aromatic rings. The van der Waals surface area contributed by atoms with E-state index in [1.807, 2.05) is 0 Å². The van der Waals surface area contributed by atoms with Gasteiger partial charge in [0.25, 0.3) is 0 Å². The second-order valence-corrected chi connectivity index (χ2v) is 3.80. The summed E-state index contributed by atoms with van der Waals surface area (Å²) in [6.07, 6.45) is 1.15. The van der Waals surface area contributed by atoms with Crippen molar-refractivity contribution in [1.29, 1.82) is 0 Å². The summed E-state index contributed by atoms with van der Waals surface area (Å²) in [4.78, 5) is 0. The summed E-state index contributed by atoms with van der Waals surface area (Å²) in [5, 5.41) is 0. The van der Waals surface area contributed by atoms with Crippen molar-refractivity contribution < 1.29 is 29.6 Å². The minimum atomic E-state index is 0. The van der Waals surface area contributed by atoms with Gasteiger partial charge in [-0.15, -0.1) is 11.8 Å². The molecular formula is C4H7NaS3. The van der Waals surface area contributed by atoms with Crippen molar-refractivity contribution in [2.24, 2.45) is 0 Å². The van der Waals surface area contributed by atoms with Gasteiger partial charge in [0.2, 0.25) is 0 Å². The van der Waals surface area contributed by atoms with E-state index in [-0.39, 0.29) is 29.6 Å². The maximum absolute atomic E-state index is 4.64. The predicted molar refractivity (Wildman–Crippen MR) is 42.7 cm³/mol. The van der Waals surface area contributed by atoms with Gasteiger partial charge < -0.3 is 24.8 Å². The summed E-state index contributed by atoms with van der Waals surface area (Å²) >= 11 is 10.9. The Balaban J connectivity index is 0. The largest absolute Gasteiger partial charge is 1.00 e. The van der Waals surface area contributed by atoms with E-state index in [0.29, 0.717) is 3.53 Å². The fourth-order valence-electron chi connectivity index (χ4n) is 0.185. The Labute approximate surface area is 87.9 Å². The smallest absolute Gasteiger partial charge is 0.422 e. The van der Waals surface area contributed by atoms with Gasteiger partial charge in [-0.25, -0.2) is 0 Å². The Hall–Kier alpha value is 1.66. The molecule has 0 aliphatic carbocycles. The Kier molecular flexibility index (Phi) is 13.4. The molecule has 0 bridgehead atoms. The van der Waals surface area contributed by atoms with Crippen molar-refractivity contribution in [3.8, 4) is 0 Å². The van der Waals surface area contributed by atoms with E-state index in [1.165, 1.54) is 0 Å². The van der Waals surface area contributed by atoms with Gasteiger partial charge in [0.1, 0.15) is 0 Å². The molecule has 0 aromatic heterocycles. The Morgan fingerprint density at radius 2 is 2.25 bits per heavy atom. The van der Waals surface area contributed by atoms with Gasteiger partial charge in [-0.3, -0.25) is 0 Å². The van der Waals surface area contributed by atoms with Crippen molar-refractivity contribution in [2.45, 2.75) is 13.3 Å². The first-order valence-electron chi connectivity index (χ1n) is 2.11. The summed E-state index contributed by atoms with van der Waals surface area (Å²) in [6, 6.07) is 0. The summed E-state index contributed by atoms with van der Waals surface area (Å²) in [5.74, 6) is 1.07. The van der Waals surface area contributed by atoms with E-state index in [9.17, 15) is 0 Å². The minimum Gasteiger partial charge on any atom is -0.422 e. The molecule has 0 spiro atoms. The zero-order chi connectivity index (χ0) is 5.70. The van der Waals surface area contributed by atoms with Crippen LogP contribution in [0.3, 0.4) is 0 Å². The predicted octanol–water partition coefficient (Wildman–Crippen LogP) is -1.03. The van der Waals surface area contributed by atoms with Crippen LogP contribution in [0.5, 0.6) is 0 Å². The Morgan fingerprint density at radius 1 is 1.75 bits per heavy atom. The van der Waals surface area contributed by atoms with Crippen LogP contribution in [0.4, 0.5) is 0 Å². The monoisotopic (exact) mass is 174 g/mol. The third kappa shape index (κ3) is 10.6. The molecule has 0 nitrogen and oxygen atoms in total. The van der Waals surface area contributed by atoms with Crippen molar-refractivity contribution in [3.05, 3.63) is 0 Å². The second kappa shape index (κ2) is 8.66. The van der Waals surface area contributed by atoms with E-state index in [2.05, 4.69) is 31.8 Å². The molecule has 0 fully saturated rings. The van der Waals surface area contributed by atoms with E-state index in [1.54, 1.807) is 11.8 Å². The molecule has 0 aliphatic rings. The molecule has 42 valence electrons. The zero-order valence-corrected chi connectivity index (χ0v) is 9.59. The zero-order valence-electron chi connectivity index (χ0n) is 5.14. The van der Waals surface area contributed by atoms with E-state index in [0.717, 1.165) is 12.2 Å². The maximum atomic E-state index is 4.64. The molecule has 0 rings (SSSR count). The molecule has 0 amide bonds. The molecule has 0 saturated heterocycles. The van der Waals surface area contributed by atoms with Crippen molar-refractivity contribution in [2.75, 3.05) is 5.75 Å². The van der Waals surface area contributed by atoms with Crippen LogP contribution >= 0.6 is 24.0 Å². The molecule has 0 atom stereocenters. The van der Waals surface area contributed by atoms with Crippen LogP contribution in [0.1, 0.15) is 13.3 Å². The molecule has 0 radical (unpaired) electrons. The fourth-order valence-corrected chi connectivity index (χ4v) is 1.06. The van der Waals surface area contributed by atoms with Crippen LogP contribution in [0.2, 0.25) is 0 Å². The van der Waals surface area contributed by atoms with Gasteiger partial charge >= 0.3 is 29.6 Å². The van der Waals surface area contributed by atoms with Crippen LogP contribution in [0, 0.1) is 0 Å². The molecule has 4 heteroatoms. The number of rotatable bonds is 2. The van der Waals surface area contributed by atoms with Gasteiger partial charge in [-0.2, -0.15) is 0 Å². The number of thiocarbonyl (C=S) groups is 1. The summed E-state index contributed by atoms with van der Waals surface area (Å²) in [5.41, 5.74) is 0. The van der Waals surface area contributed by atoms with Crippen LogP contribution in [0.15, 0.2) is 0 Å². The van der Waals surface area contributed by atoms with Crippen LogP contribution < -0.4 is 29.6 Å². The number of hydrogen-bond donors (Lipinski definition) is 0. The topological polar surface area (TPSA) is 0 Å². The summed E-state index contributed by atoms with van der Waals surface area (Å²) in [7, 11) is 0. The average Bonchev–Trinajstić information content (AvgIpc) is 1.61. The summed E-state index contributed by atoms with van der Waals surface area (Å²) in [6.45, 7) is 2.11. The fraction of sp³-hybridized carbons (Fsp3) is 0.750. The molecule has 0 aliphatic heterocycles. The Bertz CT molecular complexity index is 64.3. The van der Waals surface area contributed by atoms with E-state index < -0.39 is 0 Å². The molecular weight excluding hydrogens is 167 g/mol. The normalized spacial score (nSPS) is 7.62. The van der Waals surface area contributed by atoms with Gasteiger partial charge in [0.05, 0.1) is 0 Å². The quantitative estimate of drug-likeness (QED) is 0.298. The SMILES string of the molecule is CCCSC(=S)[S-].[Na+].